The number of nitrogens with one attached hydrogen (secondary N) is 2. The van der Waals surface area contributed by atoms with Crippen LogP contribution in [0.5, 0.6) is 0 Å². The van der Waals surface area contributed by atoms with E-state index in [0.29, 0.717) is 19.4 Å². The molecule has 0 aromatic carbocycles. The molecule has 3 N–H and O–H groups in total. The molecule has 2 atom stereocenters. The second kappa shape index (κ2) is 6.37. The number of rotatable bonds is 5. The van der Waals surface area contributed by atoms with E-state index in [1.807, 2.05) is 13.8 Å². The van der Waals surface area contributed by atoms with Crippen LogP contribution in [0.3, 0.4) is 0 Å². The lowest BCUT2D eigenvalue weighted by Crippen LogP contribution is -2.47. The molecule has 0 aromatic heterocycles. The van der Waals surface area contributed by atoms with Gasteiger partial charge in [-0.05, 0) is 18.8 Å². The van der Waals surface area contributed by atoms with Crippen molar-refractivity contribution < 1.29 is 19.5 Å². The summed E-state index contributed by atoms with van der Waals surface area (Å²) in [7, 11) is 0. The van der Waals surface area contributed by atoms with Crippen molar-refractivity contribution >= 4 is 17.8 Å². The van der Waals surface area contributed by atoms with Crippen LogP contribution in [0.2, 0.25) is 0 Å². The highest BCUT2D eigenvalue weighted by molar-refractivity contribution is 5.89. The SMILES string of the molecule is CC(C)C[C@H](NC(=O)C1CCNC(=O)C1)C(=O)O. The second-order valence-corrected chi connectivity index (χ2v) is 5.07. The second-order valence-electron chi connectivity index (χ2n) is 5.07. The quantitative estimate of drug-likeness (QED) is 0.651. The van der Waals surface area contributed by atoms with Gasteiger partial charge in [0.1, 0.15) is 6.04 Å². The first-order valence-corrected chi connectivity index (χ1v) is 6.20. The largest absolute Gasteiger partial charge is 0.480 e. The van der Waals surface area contributed by atoms with Gasteiger partial charge in [0, 0.05) is 18.9 Å². The number of carbonyl (C=O) groups excluding carboxylic acids is 2. The number of carbonyl (C=O) groups is 3. The predicted molar refractivity (Wildman–Crippen MR) is 64.8 cm³/mol. The zero-order valence-electron chi connectivity index (χ0n) is 10.7. The number of carboxylic acid groups (broad SMARTS) is 1. The van der Waals surface area contributed by atoms with E-state index in [9.17, 15) is 14.4 Å². The van der Waals surface area contributed by atoms with Gasteiger partial charge in [-0.2, -0.15) is 0 Å². The summed E-state index contributed by atoms with van der Waals surface area (Å²) in [5, 5.41) is 14.2. The van der Waals surface area contributed by atoms with E-state index >= 15 is 0 Å². The van der Waals surface area contributed by atoms with E-state index in [1.54, 1.807) is 0 Å². The first kappa shape index (κ1) is 14.5. The van der Waals surface area contributed by atoms with Crippen LogP contribution in [0, 0.1) is 11.8 Å². The molecule has 1 fully saturated rings. The monoisotopic (exact) mass is 256 g/mol. The molecular weight excluding hydrogens is 236 g/mol. The molecule has 6 nitrogen and oxygen atoms in total. The standard InChI is InChI=1S/C12H20N2O4/c1-7(2)5-9(12(17)18)14-11(16)8-3-4-13-10(15)6-8/h7-9H,3-6H2,1-2H3,(H,13,15)(H,14,16)(H,17,18)/t8?,9-/m0/s1. The lowest BCUT2D eigenvalue weighted by Gasteiger charge is -2.24. The Morgan fingerprint density at radius 2 is 2.17 bits per heavy atom. The molecule has 1 saturated heterocycles. The Labute approximate surface area is 106 Å². The van der Waals surface area contributed by atoms with Gasteiger partial charge in [0.2, 0.25) is 11.8 Å². The predicted octanol–water partition coefficient (Wildman–Crippen LogP) is 0.128. The van der Waals surface area contributed by atoms with Gasteiger partial charge in [-0.25, -0.2) is 4.79 Å². The molecule has 1 rings (SSSR count). The van der Waals surface area contributed by atoms with Crippen molar-refractivity contribution in [3.8, 4) is 0 Å². The molecule has 0 spiro atoms. The molecule has 1 unspecified atom stereocenters. The van der Waals surface area contributed by atoms with Gasteiger partial charge >= 0.3 is 5.97 Å². The summed E-state index contributed by atoms with van der Waals surface area (Å²) < 4.78 is 0. The smallest absolute Gasteiger partial charge is 0.326 e. The zero-order chi connectivity index (χ0) is 13.7. The number of carboxylic acids is 1. The first-order valence-electron chi connectivity index (χ1n) is 6.20. The van der Waals surface area contributed by atoms with Gasteiger partial charge in [0.25, 0.3) is 0 Å². The summed E-state index contributed by atoms with van der Waals surface area (Å²) >= 11 is 0. The molecule has 0 aromatic rings. The Kier molecular flexibility index (Phi) is 5.12. The summed E-state index contributed by atoms with van der Waals surface area (Å²) in [6.07, 6.45) is 1.09. The Morgan fingerprint density at radius 1 is 1.50 bits per heavy atom. The van der Waals surface area contributed by atoms with Crippen LogP contribution < -0.4 is 10.6 Å². The fourth-order valence-electron chi connectivity index (χ4n) is 1.99. The molecule has 6 heteroatoms. The van der Waals surface area contributed by atoms with Crippen molar-refractivity contribution in [1.29, 1.82) is 0 Å². The van der Waals surface area contributed by atoms with Crippen LogP contribution in [0.1, 0.15) is 33.1 Å². The molecule has 0 radical (unpaired) electrons. The topological polar surface area (TPSA) is 95.5 Å². The number of piperidine rings is 1. The Morgan fingerprint density at radius 3 is 2.67 bits per heavy atom. The molecule has 0 bridgehead atoms. The molecule has 18 heavy (non-hydrogen) atoms. The molecule has 0 aliphatic carbocycles. The molecule has 102 valence electrons. The van der Waals surface area contributed by atoms with Gasteiger partial charge in [0.05, 0.1) is 0 Å². The van der Waals surface area contributed by atoms with Gasteiger partial charge in [-0.3, -0.25) is 9.59 Å². The molecule has 1 heterocycles. The van der Waals surface area contributed by atoms with Gasteiger partial charge in [0.15, 0.2) is 0 Å². The highest BCUT2D eigenvalue weighted by Gasteiger charge is 2.29. The lowest BCUT2D eigenvalue weighted by molar-refractivity contribution is -0.143. The molecule has 1 aliphatic rings. The Balaban J connectivity index is 2.54. The minimum atomic E-state index is -1.03. The van der Waals surface area contributed by atoms with Crippen LogP contribution in [0.25, 0.3) is 0 Å². The van der Waals surface area contributed by atoms with Gasteiger partial charge in [-0.15, -0.1) is 0 Å². The van der Waals surface area contributed by atoms with Crippen LogP contribution in [0.4, 0.5) is 0 Å². The third kappa shape index (κ3) is 4.35. The summed E-state index contributed by atoms with van der Waals surface area (Å²) in [5.41, 5.74) is 0. The van der Waals surface area contributed by atoms with E-state index < -0.39 is 17.9 Å². The zero-order valence-corrected chi connectivity index (χ0v) is 10.7. The van der Waals surface area contributed by atoms with E-state index in [2.05, 4.69) is 10.6 Å². The molecule has 1 aliphatic heterocycles. The van der Waals surface area contributed by atoms with Crippen molar-refractivity contribution in [2.24, 2.45) is 11.8 Å². The highest BCUT2D eigenvalue weighted by atomic mass is 16.4. The van der Waals surface area contributed by atoms with Crippen molar-refractivity contribution in [3.05, 3.63) is 0 Å². The summed E-state index contributed by atoms with van der Waals surface area (Å²) in [5.74, 6) is -1.75. The maximum atomic E-state index is 11.9. The summed E-state index contributed by atoms with van der Waals surface area (Å²) in [6, 6.07) is -0.873. The summed E-state index contributed by atoms with van der Waals surface area (Å²) in [6.45, 7) is 4.27. The van der Waals surface area contributed by atoms with Gasteiger partial charge in [-0.1, -0.05) is 13.8 Å². The van der Waals surface area contributed by atoms with Crippen LogP contribution in [-0.4, -0.2) is 35.5 Å². The normalized spacial score (nSPS) is 21.3. The van der Waals surface area contributed by atoms with E-state index in [-0.39, 0.29) is 24.2 Å². The Bertz CT molecular complexity index is 341. The number of hydrogen-bond donors (Lipinski definition) is 3. The third-order valence-corrected chi connectivity index (χ3v) is 2.94. The molecule has 0 saturated carbocycles. The third-order valence-electron chi connectivity index (χ3n) is 2.94. The minimum absolute atomic E-state index is 0.139. The lowest BCUT2D eigenvalue weighted by atomic mass is 9.95. The first-order chi connectivity index (χ1) is 8.40. The fraction of sp³-hybridized carbons (Fsp3) is 0.750. The van der Waals surface area contributed by atoms with Gasteiger partial charge < -0.3 is 15.7 Å². The maximum absolute atomic E-state index is 11.9. The van der Waals surface area contributed by atoms with E-state index in [0.717, 1.165) is 0 Å². The minimum Gasteiger partial charge on any atom is -0.480 e. The average molecular weight is 256 g/mol. The maximum Gasteiger partial charge on any atom is 0.326 e. The highest BCUT2D eigenvalue weighted by Crippen LogP contribution is 2.14. The van der Waals surface area contributed by atoms with Crippen LogP contribution in [0.15, 0.2) is 0 Å². The van der Waals surface area contributed by atoms with Crippen LogP contribution >= 0.6 is 0 Å². The average Bonchev–Trinajstić information content (AvgIpc) is 2.27. The Hall–Kier alpha value is -1.59. The number of hydrogen-bond acceptors (Lipinski definition) is 3. The van der Waals surface area contributed by atoms with Crippen LogP contribution in [-0.2, 0) is 14.4 Å². The summed E-state index contributed by atoms with van der Waals surface area (Å²) in [4.78, 5) is 34.1. The van der Waals surface area contributed by atoms with Crippen molar-refractivity contribution in [3.63, 3.8) is 0 Å². The fourth-order valence-corrected chi connectivity index (χ4v) is 1.99. The molecule has 2 amide bonds. The van der Waals surface area contributed by atoms with E-state index in [1.165, 1.54) is 0 Å². The number of amides is 2. The molecular formula is C12H20N2O4. The number of aliphatic carboxylic acids is 1. The van der Waals surface area contributed by atoms with Crippen molar-refractivity contribution in [2.75, 3.05) is 6.54 Å². The van der Waals surface area contributed by atoms with Crippen molar-refractivity contribution in [2.45, 2.75) is 39.2 Å². The van der Waals surface area contributed by atoms with E-state index in [4.69, 9.17) is 5.11 Å². The van der Waals surface area contributed by atoms with Crippen molar-refractivity contribution in [1.82, 2.24) is 10.6 Å².